The van der Waals surface area contributed by atoms with Crippen molar-refractivity contribution in [1.29, 1.82) is 0 Å². The Hall–Kier alpha value is -0.230. The van der Waals surface area contributed by atoms with Crippen LogP contribution in [0.25, 0.3) is 0 Å². The van der Waals surface area contributed by atoms with Crippen LogP contribution in [0.5, 0.6) is 0 Å². The zero-order valence-electron chi connectivity index (χ0n) is 9.98. The van der Waals surface area contributed by atoms with Gasteiger partial charge in [-0.15, -0.1) is 0 Å². The van der Waals surface area contributed by atoms with Crippen molar-refractivity contribution in [2.75, 3.05) is 13.2 Å². The van der Waals surface area contributed by atoms with Crippen molar-refractivity contribution in [2.24, 2.45) is 0 Å². The molecule has 0 spiro atoms. The van der Waals surface area contributed by atoms with E-state index in [4.69, 9.17) is 18.9 Å². The highest BCUT2D eigenvalue weighted by Gasteiger charge is 2.31. The molecule has 1 saturated heterocycles. The number of aliphatic hydroxyl groups is 2. The van der Waals surface area contributed by atoms with Crippen molar-refractivity contribution in [2.45, 2.75) is 38.8 Å². The van der Waals surface area contributed by atoms with E-state index in [0.29, 0.717) is 0 Å². The first kappa shape index (κ1) is 14.8. The van der Waals surface area contributed by atoms with Crippen LogP contribution in [0.15, 0.2) is 11.9 Å². The molecule has 7 heteroatoms. The summed E-state index contributed by atoms with van der Waals surface area (Å²) in [6.07, 6.45) is -0.831. The number of rotatable bonds is 6. The van der Waals surface area contributed by atoms with Crippen LogP contribution >= 0.6 is 7.60 Å². The van der Waals surface area contributed by atoms with Crippen molar-refractivity contribution < 1.29 is 28.6 Å². The molecule has 3 atom stereocenters. The molecule has 0 aromatic carbocycles. The van der Waals surface area contributed by atoms with Gasteiger partial charge < -0.3 is 24.0 Å². The Bertz CT molecular complexity index is 285. The minimum absolute atomic E-state index is 0.260. The molecule has 0 bridgehead atoms. The van der Waals surface area contributed by atoms with Gasteiger partial charge >= 0.3 is 7.60 Å². The van der Waals surface area contributed by atoms with Gasteiger partial charge in [-0.25, -0.2) is 0 Å². The third-order valence-corrected chi connectivity index (χ3v) is 3.99. The largest absolute Gasteiger partial charge is 0.388 e. The Kier molecular flexibility index (Phi) is 5.79. The zero-order valence-corrected chi connectivity index (χ0v) is 10.9. The van der Waals surface area contributed by atoms with Crippen molar-refractivity contribution in [3.05, 3.63) is 11.9 Å². The fourth-order valence-electron chi connectivity index (χ4n) is 1.49. The second kappa shape index (κ2) is 6.64. The van der Waals surface area contributed by atoms with Gasteiger partial charge in [0.15, 0.2) is 6.29 Å². The lowest BCUT2D eigenvalue weighted by molar-refractivity contribution is -0.119. The molecule has 0 saturated carbocycles. The van der Waals surface area contributed by atoms with Crippen molar-refractivity contribution in [3.8, 4) is 0 Å². The van der Waals surface area contributed by atoms with E-state index >= 15 is 0 Å². The summed E-state index contributed by atoms with van der Waals surface area (Å²) in [4.78, 5) is 0. The highest BCUT2D eigenvalue weighted by atomic mass is 31.2. The molecular weight excluding hydrogens is 247 g/mol. The Balaban J connectivity index is 2.58. The minimum Gasteiger partial charge on any atom is -0.388 e. The van der Waals surface area contributed by atoms with Gasteiger partial charge in [0, 0.05) is 12.2 Å². The summed E-state index contributed by atoms with van der Waals surface area (Å²) in [5.74, 6) is 1.31. The van der Waals surface area contributed by atoms with E-state index in [-0.39, 0.29) is 19.6 Å². The van der Waals surface area contributed by atoms with E-state index in [1.807, 2.05) is 0 Å². The van der Waals surface area contributed by atoms with Crippen molar-refractivity contribution in [1.82, 2.24) is 0 Å². The second-order valence-corrected chi connectivity index (χ2v) is 5.48. The maximum atomic E-state index is 12.0. The summed E-state index contributed by atoms with van der Waals surface area (Å²) >= 11 is 0. The fourth-order valence-corrected chi connectivity index (χ4v) is 2.86. The molecule has 1 heterocycles. The third kappa shape index (κ3) is 4.50. The molecule has 0 aliphatic carbocycles. The van der Waals surface area contributed by atoms with Gasteiger partial charge in [-0.3, -0.25) is 4.57 Å². The van der Waals surface area contributed by atoms with Crippen LogP contribution in [0.4, 0.5) is 0 Å². The molecular formula is C10H19O6P. The predicted octanol–water partition coefficient (Wildman–Crippen LogP) is 1.23. The summed E-state index contributed by atoms with van der Waals surface area (Å²) in [5, 5.41) is 18.4. The first-order chi connectivity index (χ1) is 8.00. The summed E-state index contributed by atoms with van der Waals surface area (Å²) in [6.45, 7) is 3.99. The van der Waals surface area contributed by atoms with Crippen LogP contribution in [-0.2, 0) is 18.3 Å². The SMILES string of the molecule is CCOP(=O)(C=CC1CC(O)C(O)O1)OCC. The summed E-state index contributed by atoms with van der Waals surface area (Å²) in [6, 6.07) is 0. The lowest BCUT2D eigenvalue weighted by Gasteiger charge is -2.13. The van der Waals surface area contributed by atoms with Gasteiger partial charge in [0.05, 0.1) is 19.3 Å². The molecule has 0 aromatic rings. The van der Waals surface area contributed by atoms with E-state index in [0.717, 1.165) is 0 Å². The molecule has 0 aromatic heterocycles. The van der Waals surface area contributed by atoms with Gasteiger partial charge in [-0.2, -0.15) is 0 Å². The average Bonchev–Trinajstić information content (AvgIpc) is 2.57. The molecule has 1 rings (SSSR count). The summed E-state index contributed by atoms with van der Waals surface area (Å²) < 4.78 is 27.1. The van der Waals surface area contributed by atoms with E-state index in [2.05, 4.69) is 0 Å². The van der Waals surface area contributed by atoms with Gasteiger partial charge in [0.2, 0.25) is 0 Å². The Morgan fingerprint density at radius 3 is 2.35 bits per heavy atom. The van der Waals surface area contributed by atoms with Gasteiger partial charge in [0.25, 0.3) is 0 Å². The van der Waals surface area contributed by atoms with Crippen molar-refractivity contribution in [3.63, 3.8) is 0 Å². The summed E-state index contributed by atoms with van der Waals surface area (Å²) in [7, 11) is -3.24. The molecule has 2 N–H and O–H groups in total. The maximum Gasteiger partial charge on any atom is 0.353 e. The Morgan fingerprint density at radius 2 is 1.94 bits per heavy atom. The van der Waals surface area contributed by atoms with E-state index in [9.17, 15) is 9.67 Å². The smallest absolute Gasteiger partial charge is 0.353 e. The summed E-state index contributed by atoms with van der Waals surface area (Å²) in [5.41, 5.74) is 0. The van der Waals surface area contributed by atoms with Crippen LogP contribution in [-0.4, -0.2) is 41.9 Å². The molecule has 0 radical (unpaired) electrons. The number of hydrogen-bond acceptors (Lipinski definition) is 6. The highest BCUT2D eigenvalue weighted by molar-refractivity contribution is 7.57. The third-order valence-electron chi connectivity index (χ3n) is 2.22. The normalized spacial score (nSPS) is 30.2. The zero-order chi connectivity index (χ0) is 12.9. The molecule has 6 nitrogen and oxygen atoms in total. The van der Waals surface area contributed by atoms with Crippen molar-refractivity contribution >= 4 is 7.60 Å². The molecule has 1 aliphatic heterocycles. The second-order valence-electron chi connectivity index (χ2n) is 3.59. The quantitative estimate of drug-likeness (QED) is 0.703. The molecule has 3 unspecified atom stereocenters. The molecule has 100 valence electrons. The topological polar surface area (TPSA) is 85.2 Å². The van der Waals surface area contributed by atoms with Crippen LogP contribution in [0.3, 0.4) is 0 Å². The van der Waals surface area contributed by atoms with Gasteiger partial charge in [-0.05, 0) is 19.9 Å². The van der Waals surface area contributed by atoms with Gasteiger partial charge in [-0.1, -0.05) is 0 Å². The fraction of sp³-hybridized carbons (Fsp3) is 0.800. The maximum absolute atomic E-state index is 12.0. The highest BCUT2D eigenvalue weighted by Crippen LogP contribution is 2.49. The first-order valence-corrected chi connectivity index (χ1v) is 7.21. The van der Waals surface area contributed by atoms with Crippen LogP contribution < -0.4 is 0 Å². The molecule has 1 aliphatic rings. The Labute approximate surface area is 101 Å². The minimum atomic E-state index is -3.24. The standard InChI is InChI=1S/C10H19O6P/c1-3-14-17(13,15-4-2)6-5-8-7-9(11)10(12)16-8/h5-6,8-12H,3-4,7H2,1-2H3. The molecule has 17 heavy (non-hydrogen) atoms. The number of ether oxygens (including phenoxy) is 1. The monoisotopic (exact) mass is 266 g/mol. The van der Waals surface area contributed by atoms with Crippen LogP contribution in [0.1, 0.15) is 20.3 Å². The lowest BCUT2D eigenvalue weighted by atomic mass is 10.2. The number of hydrogen-bond donors (Lipinski definition) is 2. The Morgan fingerprint density at radius 1 is 1.35 bits per heavy atom. The van der Waals surface area contributed by atoms with E-state index < -0.39 is 26.1 Å². The average molecular weight is 266 g/mol. The predicted molar refractivity (Wildman–Crippen MR) is 61.5 cm³/mol. The van der Waals surface area contributed by atoms with E-state index in [1.165, 1.54) is 11.9 Å². The van der Waals surface area contributed by atoms with E-state index in [1.54, 1.807) is 13.8 Å². The lowest BCUT2D eigenvalue weighted by Crippen LogP contribution is -2.19. The number of aliphatic hydroxyl groups excluding tert-OH is 2. The first-order valence-electron chi connectivity index (χ1n) is 5.60. The van der Waals surface area contributed by atoms with Crippen LogP contribution in [0, 0.1) is 0 Å². The molecule has 0 amide bonds. The van der Waals surface area contributed by atoms with Gasteiger partial charge in [0.1, 0.15) is 6.10 Å². The van der Waals surface area contributed by atoms with Crippen LogP contribution in [0.2, 0.25) is 0 Å². The molecule has 1 fully saturated rings.